The van der Waals surface area contributed by atoms with Crippen molar-refractivity contribution in [2.45, 2.75) is 6.92 Å². The van der Waals surface area contributed by atoms with Crippen molar-refractivity contribution in [1.29, 1.82) is 0 Å². The lowest BCUT2D eigenvalue weighted by Crippen LogP contribution is -2.12. The van der Waals surface area contributed by atoms with E-state index in [1.54, 1.807) is 0 Å². The fourth-order valence-electron chi connectivity index (χ4n) is 1.84. The molecule has 0 atom stereocenters. The van der Waals surface area contributed by atoms with Gasteiger partial charge in [-0.3, -0.25) is 0 Å². The van der Waals surface area contributed by atoms with Gasteiger partial charge >= 0.3 is 0 Å². The molecule has 0 amide bonds. The fraction of sp³-hybridized carbons (Fsp3) is 0.250. The molecule has 3 nitrogen and oxygen atoms in total. The highest BCUT2D eigenvalue weighted by atomic mass is 35.5. The number of rotatable bonds is 2. The molecule has 16 heavy (non-hydrogen) atoms. The molecule has 1 heterocycles. The molecule has 1 aromatic heterocycles. The Hall–Kier alpha value is -1.48. The minimum absolute atomic E-state index is 0.254. The maximum absolute atomic E-state index is 5.60. The second-order valence-electron chi connectivity index (χ2n) is 3.86. The number of nitrogens with two attached hydrogens (primary N) is 1. The molecule has 4 heteroatoms. The van der Waals surface area contributed by atoms with Crippen LogP contribution in [0.25, 0.3) is 10.9 Å². The van der Waals surface area contributed by atoms with Crippen LogP contribution >= 0.6 is 11.6 Å². The Morgan fingerprint density at radius 3 is 2.94 bits per heavy atom. The summed E-state index contributed by atoms with van der Waals surface area (Å²) in [4.78, 5) is 4.23. The lowest BCUT2D eigenvalue weighted by Gasteiger charge is -1.99. The smallest absolute Gasteiger partial charge is 0.115 e. The van der Waals surface area contributed by atoms with Crippen LogP contribution in [0.4, 0.5) is 5.69 Å². The third-order valence-corrected chi connectivity index (χ3v) is 2.86. The number of benzene rings is 1. The predicted molar refractivity (Wildman–Crippen MR) is 69.7 cm³/mol. The van der Waals surface area contributed by atoms with Gasteiger partial charge in [0.05, 0.1) is 17.1 Å². The van der Waals surface area contributed by atoms with Crippen molar-refractivity contribution < 1.29 is 0 Å². The molecule has 84 valence electrons. The zero-order valence-electron chi connectivity index (χ0n) is 9.37. The third-order valence-electron chi connectivity index (χ3n) is 2.58. The van der Waals surface area contributed by atoms with E-state index in [0.717, 1.165) is 11.2 Å². The summed E-state index contributed by atoms with van der Waals surface area (Å²) < 4.78 is 2.08. The predicted octanol–water partition coefficient (Wildman–Crippen LogP) is 2.71. The van der Waals surface area contributed by atoms with Crippen LogP contribution in [-0.4, -0.2) is 16.3 Å². The summed E-state index contributed by atoms with van der Waals surface area (Å²) in [5.74, 6) is 0.691. The lowest BCUT2D eigenvalue weighted by atomic mass is 10.2. The zero-order chi connectivity index (χ0) is 11.7. The van der Waals surface area contributed by atoms with Gasteiger partial charge in [-0.2, -0.15) is 0 Å². The van der Waals surface area contributed by atoms with E-state index in [1.165, 1.54) is 10.9 Å². The number of hydrogen-bond donors (Lipinski definition) is 1. The van der Waals surface area contributed by atoms with E-state index in [0.29, 0.717) is 5.84 Å². The van der Waals surface area contributed by atoms with Crippen LogP contribution in [0.3, 0.4) is 0 Å². The summed E-state index contributed by atoms with van der Waals surface area (Å²) in [5, 5.41) is 1.24. The first-order valence-corrected chi connectivity index (χ1v) is 5.60. The molecule has 0 aliphatic carbocycles. The first-order chi connectivity index (χ1) is 7.61. The number of alkyl halides is 1. The molecule has 0 spiro atoms. The quantitative estimate of drug-likeness (QED) is 0.486. The Balaban J connectivity index is 2.56. The topological polar surface area (TPSA) is 43.3 Å². The number of aliphatic imine (C=N–C) groups is 1. The Bertz CT molecular complexity index is 555. The lowest BCUT2D eigenvalue weighted by molar-refractivity contribution is 0.964. The zero-order valence-corrected chi connectivity index (χ0v) is 10.1. The van der Waals surface area contributed by atoms with E-state index in [2.05, 4.69) is 28.7 Å². The number of halogens is 1. The van der Waals surface area contributed by atoms with Gasteiger partial charge in [-0.25, -0.2) is 4.99 Å². The first kappa shape index (κ1) is 11.0. The molecule has 0 saturated carbocycles. The fourth-order valence-corrected chi connectivity index (χ4v) is 1.90. The van der Waals surface area contributed by atoms with Gasteiger partial charge in [-0.1, -0.05) is 6.07 Å². The SMILES string of the molecule is Cc1cn(C)c2cc(N=C(N)CCl)ccc12. The summed E-state index contributed by atoms with van der Waals surface area (Å²) in [5.41, 5.74) is 8.86. The van der Waals surface area contributed by atoms with E-state index >= 15 is 0 Å². The van der Waals surface area contributed by atoms with Crippen molar-refractivity contribution >= 4 is 34.0 Å². The Labute approximate surface area is 99.5 Å². The van der Waals surface area contributed by atoms with Crippen LogP contribution in [0.15, 0.2) is 29.4 Å². The molecule has 0 aliphatic heterocycles. The Kier molecular flexibility index (Phi) is 2.88. The maximum Gasteiger partial charge on any atom is 0.115 e. The molecule has 0 unspecified atom stereocenters. The highest BCUT2D eigenvalue weighted by molar-refractivity contribution is 6.28. The van der Waals surface area contributed by atoms with Crippen LogP contribution in [0.1, 0.15) is 5.56 Å². The van der Waals surface area contributed by atoms with Gasteiger partial charge in [-0.15, -0.1) is 11.6 Å². The number of hydrogen-bond acceptors (Lipinski definition) is 1. The van der Waals surface area contributed by atoms with Crippen LogP contribution in [-0.2, 0) is 7.05 Å². The van der Waals surface area contributed by atoms with Gasteiger partial charge in [0, 0.05) is 18.6 Å². The largest absolute Gasteiger partial charge is 0.386 e. The average Bonchev–Trinajstić information content (AvgIpc) is 2.54. The summed E-state index contributed by atoms with van der Waals surface area (Å²) in [6.45, 7) is 2.10. The monoisotopic (exact) mass is 235 g/mol. The van der Waals surface area contributed by atoms with E-state index in [1.807, 2.05) is 19.2 Å². The normalized spacial score (nSPS) is 12.3. The molecular formula is C12H14ClN3. The Morgan fingerprint density at radius 1 is 1.50 bits per heavy atom. The number of aryl methyl sites for hydroxylation is 2. The number of amidine groups is 1. The van der Waals surface area contributed by atoms with Crippen LogP contribution in [0.2, 0.25) is 0 Å². The number of nitrogens with zero attached hydrogens (tertiary/aromatic N) is 2. The van der Waals surface area contributed by atoms with E-state index in [-0.39, 0.29) is 5.88 Å². The van der Waals surface area contributed by atoms with Crippen LogP contribution < -0.4 is 5.73 Å². The summed E-state index contributed by atoms with van der Waals surface area (Å²) >= 11 is 5.59. The standard InChI is InChI=1S/C12H14ClN3/c1-8-7-16(2)11-5-9(3-4-10(8)11)15-12(14)6-13/h3-5,7H,6H2,1-2H3,(H2,14,15). The minimum Gasteiger partial charge on any atom is -0.386 e. The van der Waals surface area contributed by atoms with Crippen molar-refractivity contribution in [3.63, 3.8) is 0 Å². The van der Waals surface area contributed by atoms with Crippen molar-refractivity contribution in [1.82, 2.24) is 4.57 Å². The van der Waals surface area contributed by atoms with Gasteiger partial charge in [0.15, 0.2) is 0 Å². The highest BCUT2D eigenvalue weighted by Gasteiger charge is 2.03. The maximum atomic E-state index is 5.60. The molecular weight excluding hydrogens is 222 g/mol. The number of fused-ring (bicyclic) bond motifs is 1. The second-order valence-corrected chi connectivity index (χ2v) is 4.13. The summed E-state index contributed by atoms with van der Waals surface area (Å²) in [6.07, 6.45) is 2.10. The van der Waals surface area contributed by atoms with E-state index in [4.69, 9.17) is 17.3 Å². The minimum atomic E-state index is 0.254. The Morgan fingerprint density at radius 2 is 2.25 bits per heavy atom. The summed E-state index contributed by atoms with van der Waals surface area (Å²) in [6, 6.07) is 6.03. The van der Waals surface area contributed by atoms with Gasteiger partial charge < -0.3 is 10.3 Å². The molecule has 2 N–H and O–H groups in total. The van der Waals surface area contributed by atoms with Gasteiger partial charge in [0.2, 0.25) is 0 Å². The van der Waals surface area contributed by atoms with E-state index in [9.17, 15) is 0 Å². The van der Waals surface area contributed by atoms with E-state index < -0.39 is 0 Å². The van der Waals surface area contributed by atoms with Gasteiger partial charge in [0.25, 0.3) is 0 Å². The van der Waals surface area contributed by atoms with Crippen molar-refractivity contribution in [3.8, 4) is 0 Å². The molecule has 0 fully saturated rings. The molecule has 0 aliphatic rings. The second kappa shape index (κ2) is 4.18. The third kappa shape index (κ3) is 1.91. The van der Waals surface area contributed by atoms with Crippen molar-refractivity contribution in [3.05, 3.63) is 30.0 Å². The molecule has 0 radical (unpaired) electrons. The first-order valence-electron chi connectivity index (χ1n) is 5.06. The van der Waals surface area contributed by atoms with Crippen LogP contribution in [0, 0.1) is 6.92 Å². The van der Waals surface area contributed by atoms with Crippen molar-refractivity contribution in [2.75, 3.05) is 5.88 Å². The molecule has 1 aromatic carbocycles. The molecule has 0 saturated heterocycles. The molecule has 0 bridgehead atoms. The average molecular weight is 236 g/mol. The number of aromatic nitrogens is 1. The van der Waals surface area contributed by atoms with Crippen molar-refractivity contribution in [2.24, 2.45) is 17.8 Å². The van der Waals surface area contributed by atoms with Crippen LogP contribution in [0.5, 0.6) is 0 Å². The highest BCUT2D eigenvalue weighted by Crippen LogP contribution is 2.24. The van der Waals surface area contributed by atoms with Gasteiger partial charge in [-0.05, 0) is 24.6 Å². The molecule has 2 aromatic rings. The summed E-state index contributed by atoms with van der Waals surface area (Å²) in [7, 11) is 2.02. The molecule has 2 rings (SSSR count). The van der Waals surface area contributed by atoms with Gasteiger partial charge in [0.1, 0.15) is 5.84 Å².